The molecule has 0 bridgehead atoms. The van der Waals surface area contributed by atoms with Crippen LogP contribution in [-0.2, 0) is 12.3 Å². The van der Waals surface area contributed by atoms with Crippen molar-refractivity contribution in [2.75, 3.05) is 0 Å². The summed E-state index contributed by atoms with van der Waals surface area (Å²) in [6.07, 6.45) is 0.449. The quantitative estimate of drug-likeness (QED) is 0.521. The first-order chi connectivity index (χ1) is 5.56. The van der Waals surface area contributed by atoms with Crippen LogP contribution in [0.3, 0.4) is 0 Å². The molecule has 1 fully saturated rings. The van der Waals surface area contributed by atoms with Gasteiger partial charge in [0.15, 0.2) is 0 Å². The van der Waals surface area contributed by atoms with Gasteiger partial charge in [-0.2, -0.15) is 0 Å². The Hall–Kier alpha value is 0.321. The standard InChI is InChI=1S/C3H9F3O3Si3/c1-2-3-12(6)8-10(4)7-11(5)9-12/h10-11H,2-3H2,1H3. The van der Waals surface area contributed by atoms with Crippen molar-refractivity contribution in [3.63, 3.8) is 0 Å². The molecule has 3 nitrogen and oxygen atoms in total. The molecule has 0 aliphatic carbocycles. The molecular formula is C3H9F3O3Si3. The van der Waals surface area contributed by atoms with Gasteiger partial charge in [-0.1, -0.05) is 13.3 Å². The predicted octanol–water partition coefficient (Wildman–Crippen LogP) is 0.742. The van der Waals surface area contributed by atoms with Crippen molar-refractivity contribution >= 4 is 28.1 Å². The molecule has 0 aromatic carbocycles. The molecule has 1 saturated heterocycles. The van der Waals surface area contributed by atoms with Crippen LogP contribution in [0.1, 0.15) is 13.3 Å². The van der Waals surface area contributed by atoms with E-state index in [4.69, 9.17) is 0 Å². The fourth-order valence-corrected chi connectivity index (χ4v) is 7.45. The van der Waals surface area contributed by atoms with Crippen LogP contribution in [0, 0.1) is 0 Å². The summed E-state index contributed by atoms with van der Waals surface area (Å²) in [5, 5.41) is 0. The molecule has 0 saturated carbocycles. The zero-order chi connectivity index (χ0) is 9.19. The van der Waals surface area contributed by atoms with Gasteiger partial charge >= 0.3 is 28.1 Å². The Morgan fingerprint density at radius 3 is 2.17 bits per heavy atom. The van der Waals surface area contributed by atoms with Gasteiger partial charge in [-0.05, 0) is 0 Å². The second kappa shape index (κ2) is 4.02. The first kappa shape index (κ1) is 10.4. The Kier molecular flexibility index (Phi) is 3.48. The third kappa shape index (κ3) is 2.67. The lowest BCUT2D eigenvalue weighted by atomic mass is 10.6. The van der Waals surface area contributed by atoms with Gasteiger partial charge in [-0.15, -0.1) is 0 Å². The molecule has 12 heavy (non-hydrogen) atoms. The Morgan fingerprint density at radius 1 is 1.25 bits per heavy atom. The van der Waals surface area contributed by atoms with Crippen molar-refractivity contribution in [3.8, 4) is 0 Å². The largest absolute Gasteiger partial charge is 0.525 e. The number of halogens is 3. The molecule has 2 atom stereocenters. The highest BCUT2D eigenvalue weighted by Crippen LogP contribution is 2.25. The fourth-order valence-electron chi connectivity index (χ4n) is 0.861. The molecule has 9 heteroatoms. The van der Waals surface area contributed by atoms with Crippen LogP contribution >= 0.6 is 0 Å². The smallest absolute Gasteiger partial charge is 0.371 e. The first-order valence-corrected chi connectivity index (χ1v) is 8.20. The Balaban J connectivity index is 2.52. The Bertz CT molecular complexity index is 151. The molecule has 0 N–H and O–H groups in total. The van der Waals surface area contributed by atoms with Gasteiger partial charge in [-0.25, -0.2) is 12.3 Å². The van der Waals surface area contributed by atoms with Gasteiger partial charge in [0.2, 0.25) is 0 Å². The third-order valence-electron chi connectivity index (χ3n) is 1.30. The van der Waals surface area contributed by atoms with E-state index in [0.717, 1.165) is 0 Å². The van der Waals surface area contributed by atoms with Gasteiger partial charge in [-0.3, -0.25) is 0 Å². The predicted molar refractivity (Wildman–Crippen MR) is 41.7 cm³/mol. The van der Waals surface area contributed by atoms with Crippen molar-refractivity contribution in [1.29, 1.82) is 0 Å². The van der Waals surface area contributed by atoms with Crippen LogP contribution in [0.4, 0.5) is 12.3 Å². The number of hydrogen-bond donors (Lipinski definition) is 0. The summed E-state index contributed by atoms with van der Waals surface area (Å²) < 4.78 is 50.8. The van der Waals surface area contributed by atoms with Crippen LogP contribution in [0.2, 0.25) is 6.04 Å². The molecule has 1 aliphatic heterocycles. The normalized spacial score (nSPS) is 43.0. The van der Waals surface area contributed by atoms with E-state index in [1.165, 1.54) is 0 Å². The average molecular weight is 234 g/mol. The maximum absolute atomic E-state index is 13.3. The van der Waals surface area contributed by atoms with Gasteiger partial charge < -0.3 is 12.3 Å². The minimum atomic E-state index is -4.01. The van der Waals surface area contributed by atoms with E-state index in [1.54, 1.807) is 6.92 Å². The highest BCUT2D eigenvalue weighted by atomic mass is 28.5. The molecule has 0 amide bonds. The summed E-state index contributed by atoms with van der Waals surface area (Å²) in [7, 11) is -11.1. The molecule has 0 spiro atoms. The van der Waals surface area contributed by atoms with Gasteiger partial charge in [0, 0.05) is 6.04 Å². The molecule has 1 aliphatic rings. The third-order valence-corrected chi connectivity index (χ3v) is 8.41. The highest BCUT2D eigenvalue weighted by molar-refractivity contribution is 6.76. The molecule has 1 heterocycles. The van der Waals surface area contributed by atoms with E-state index in [9.17, 15) is 12.3 Å². The zero-order valence-corrected chi connectivity index (χ0v) is 9.74. The molecular weight excluding hydrogens is 225 g/mol. The summed E-state index contributed by atoms with van der Waals surface area (Å²) >= 11 is 0. The van der Waals surface area contributed by atoms with Crippen LogP contribution in [0.15, 0.2) is 0 Å². The van der Waals surface area contributed by atoms with E-state index < -0.39 is 28.1 Å². The van der Waals surface area contributed by atoms with Crippen molar-refractivity contribution in [2.24, 2.45) is 0 Å². The minimum absolute atomic E-state index is 0.0306. The molecule has 0 aromatic heterocycles. The van der Waals surface area contributed by atoms with Crippen molar-refractivity contribution in [3.05, 3.63) is 0 Å². The van der Waals surface area contributed by atoms with Gasteiger partial charge in [0.25, 0.3) is 0 Å². The van der Waals surface area contributed by atoms with E-state index in [0.29, 0.717) is 6.42 Å². The lowest BCUT2D eigenvalue weighted by Crippen LogP contribution is -2.53. The summed E-state index contributed by atoms with van der Waals surface area (Å²) in [4.78, 5) is 0. The summed E-state index contributed by atoms with van der Waals surface area (Å²) in [5.41, 5.74) is 0. The molecule has 0 aromatic rings. The lowest BCUT2D eigenvalue weighted by Gasteiger charge is -2.29. The fraction of sp³-hybridized carbons (Fsp3) is 1.00. The highest BCUT2D eigenvalue weighted by Gasteiger charge is 2.51. The maximum Gasteiger partial charge on any atom is 0.525 e. The SMILES string of the molecule is CCC[Si]1(F)O[SiH](F)O[SiH](F)O1. The Morgan fingerprint density at radius 2 is 1.75 bits per heavy atom. The van der Waals surface area contributed by atoms with Crippen LogP contribution in [0.25, 0.3) is 0 Å². The lowest BCUT2D eigenvalue weighted by molar-refractivity contribution is 0.168. The second-order valence-electron chi connectivity index (χ2n) is 2.33. The van der Waals surface area contributed by atoms with Gasteiger partial charge in [0.05, 0.1) is 0 Å². The summed E-state index contributed by atoms with van der Waals surface area (Å²) in [6, 6.07) is -0.0306. The molecule has 0 radical (unpaired) electrons. The number of rotatable bonds is 2. The first-order valence-electron chi connectivity index (χ1n) is 3.54. The molecule has 1 rings (SSSR count). The van der Waals surface area contributed by atoms with E-state index in [-0.39, 0.29) is 6.04 Å². The van der Waals surface area contributed by atoms with Crippen LogP contribution in [0.5, 0.6) is 0 Å². The molecule has 72 valence electrons. The second-order valence-corrected chi connectivity index (χ2v) is 8.22. The monoisotopic (exact) mass is 234 g/mol. The Labute approximate surface area is 72.9 Å². The van der Waals surface area contributed by atoms with E-state index in [2.05, 4.69) is 12.3 Å². The van der Waals surface area contributed by atoms with Crippen LogP contribution in [-0.4, -0.2) is 28.1 Å². The average Bonchev–Trinajstić information content (AvgIpc) is 1.82. The van der Waals surface area contributed by atoms with E-state index >= 15 is 0 Å². The summed E-state index contributed by atoms with van der Waals surface area (Å²) in [6.45, 7) is 1.69. The van der Waals surface area contributed by atoms with E-state index in [1.807, 2.05) is 0 Å². The van der Waals surface area contributed by atoms with Crippen molar-refractivity contribution < 1.29 is 24.7 Å². The molecule has 2 unspecified atom stereocenters. The topological polar surface area (TPSA) is 27.7 Å². The van der Waals surface area contributed by atoms with Crippen LogP contribution < -0.4 is 0 Å². The van der Waals surface area contributed by atoms with Gasteiger partial charge in [0.1, 0.15) is 0 Å². The summed E-state index contributed by atoms with van der Waals surface area (Å²) in [5.74, 6) is 0. The van der Waals surface area contributed by atoms with Crippen molar-refractivity contribution in [2.45, 2.75) is 19.4 Å². The maximum atomic E-state index is 13.3. The number of hydrogen-bond acceptors (Lipinski definition) is 3. The minimum Gasteiger partial charge on any atom is -0.371 e. The van der Waals surface area contributed by atoms with Crippen molar-refractivity contribution in [1.82, 2.24) is 0 Å². The zero-order valence-electron chi connectivity index (χ0n) is 6.43.